The standard InChI is InChI=1S/C10H15NO2/c1-3-6-11(9-13)7-4-5-10(2)8-12/h4-5,7-9H,3,6H2,1-2H3/b7-4-,10-5+. The highest BCUT2D eigenvalue weighted by molar-refractivity contribution is 5.72. The summed E-state index contributed by atoms with van der Waals surface area (Å²) >= 11 is 0. The fourth-order valence-electron chi connectivity index (χ4n) is 0.765. The van der Waals surface area contributed by atoms with Crippen molar-refractivity contribution in [3.05, 3.63) is 23.9 Å². The van der Waals surface area contributed by atoms with E-state index in [1.807, 2.05) is 6.92 Å². The van der Waals surface area contributed by atoms with E-state index in [9.17, 15) is 9.59 Å². The van der Waals surface area contributed by atoms with Crippen LogP contribution in [0.4, 0.5) is 0 Å². The quantitative estimate of drug-likeness (QED) is 0.354. The molecule has 0 bridgehead atoms. The smallest absolute Gasteiger partial charge is 0.213 e. The highest BCUT2D eigenvalue weighted by atomic mass is 16.1. The molecule has 72 valence electrons. The minimum absolute atomic E-state index is 0.638. The fourth-order valence-corrected chi connectivity index (χ4v) is 0.765. The van der Waals surface area contributed by atoms with E-state index in [-0.39, 0.29) is 0 Å². The summed E-state index contributed by atoms with van der Waals surface area (Å²) in [6.07, 6.45) is 7.47. The minimum Gasteiger partial charge on any atom is -0.322 e. The average molecular weight is 181 g/mol. The summed E-state index contributed by atoms with van der Waals surface area (Å²) in [6.45, 7) is 4.41. The van der Waals surface area contributed by atoms with Crippen molar-refractivity contribution in [2.45, 2.75) is 20.3 Å². The lowest BCUT2D eigenvalue weighted by Crippen LogP contribution is -2.14. The molecule has 0 aliphatic carbocycles. The summed E-state index contributed by atoms with van der Waals surface area (Å²) in [5.74, 6) is 0. The Hall–Kier alpha value is -1.38. The van der Waals surface area contributed by atoms with Crippen molar-refractivity contribution in [1.82, 2.24) is 4.90 Å². The molecule has 3 heteroatoms. The summed E-state index contributed by atoms with van der Waals surface area (Å²) < 4.78 is 0. The second kappa shape index (κ2) is 7.28. The molecule has 0 spiro atoms. The number of amides is 1. The first kappa shape index (κ1) is 11.6. The Morgan fingerprint density at radius 3 is 2.54 bits per heavy atom. The molecule has 0 radical (unpaired) electrons. The molecule has 0 rings (SSSR count). The summed E-state index contributed by atoms with van der Waals surface area (Å²) in [5.41, 5.74) is 0.638. The zero-order valence-corrected chi connectivity index (χ0v) is 8.06. The summed E-state index contributed by atoms with van der Waals surface area (Å²) in [5, 5.41) is 0. The molecule has 0 aromatic carbocycles. The van der Waals surface area contributed by atoms with Crippen LogP contribution in [-0.4, -0.2) is 24.1 Å². The van der Waals surface area contributed by atoms with Gasteiger partial charge in [-0.25, -0.2) is 0 Å². The summed E-state index contributed by atoms with van der Waals surface area (Å²) in [7, 11) is 0. The molecule has 0 saturated carbocycles. The maximum Gasteiger partial charge on any atom is 0.213 e. The third kappa shape index (κ3) is 5.84. The normalized spacial score (nSPS) is 11.7. The van der Waals surface area contributed by atoms with Crippen LogP contribution >= 0.6 is 0 Å². The van der Waals surface area contributed by atoms with Crippen molar-refractivity contribution in [1.29, 1.82) is 0 Å². The van der Waals surface area contributed by atoms with Gasteiger partial charge in [-0.1, -0.05) is 13.0 Å². The third-order valence-electron chi connectivity index (χ3n) is 1.44. The van der Waals surface area contributed by atoms with E-state index in [2.05, 4.69) is 0 Å². The van der Waals surface area contributed by atoms with Crippen LogP contribution in [0.1, 0.15) is 20.3 Å². The van der Waals surface area contributed by atoms with Gasteiger partial charge < -0.3 is 4.90 Å². The van der Waals surface area contributed by atoms with Crippen molar-refractivity contribution >= 4 is 12.7 Å². The Morgan fingerprint density at radius 2 is 2.08 bits per heavy atom. The number of hydrogen-bond donors (Lipinski definition) is 0. The number of hydrogen-bond acceptors (Lipinski definition) is 2. The van der Waals surface area contributed by atoms with E-state index in [1.54, 1.807) is 25.3 Å². The Labute approximate surface area is 78.7 Å². The predicted molar refractivity (Wildman–Crippen MR) is 52.0 cm³/mol. The maximum atomic E-state index is 10.4. The molecule has 0 heterocycles. The Balaban J connectivity index is 4.06. The van der Waals surface area contributed by atoms with Crippen LogP contribution in [0.3, 0.4) is 0 Å². The van der Waals surface area contributed by atoms with Gasteiger partial charge >= 0.3 is 0 Å². The second-order valence-corrected chi connectivity index (χ2v) is 2.71. The molecule has 13 heavy (non-hydrogen) atoms. The number of allylic oxidation sites excluding steroid dienone is 3. The lowest BCUT2D eigenvalue weighted by Gasteiger charge is -2.08. The van der Waals surface area contributed by atoms with Crippen molar-refractivity contribution in [2.75, 3.05) is 6.54 Å². The van der Waals surface area contributed by atoms with Crippen LogP contribution in [-0.2, 0) is 9.59 Å². The summed E-state index contributed by atoms with van der Waals surface area (Å²) in [4.78, 5) is 22.2. The minimum atomic E-state index is 0.638. The topological polar surface area (TPSA) is 37.4 Å². The van der Waals surface area contributed by atoms with Crippen LogP contribution in [0.2, 0.25) is 0 Å². The van der Waals surface area contributed by atoms with Gasteiger partial charge in [-0.05, 0) is 25.0 Å². The molecule has 0 aliphatic rings. The molecule has 1 amide bonds. The van der Waals surface area contributed by atoms with Gasteiger partial charge in [-0.15, -0.1) is 0 Å². The van der Waals surface area contributed by atoms with Gasteiger partial charge in [-0.3, -0.25) is 9.59 Å². The number of carbonyl (C=O) groups is 2. The predicted octanol–water partition coefficient (Wildman–Crippen LogP) is 1.51. The third-order valence-corrected chi connectivity index (χ3v) is 1.44. The number of rotatable bonds is 6. The Morgan fingerprint density at radius 1 is 1.38 bits per heavy atom. The monoisotopic (exact) mass is 181 g/mol. The molecular formula is C10H15NO2. The zero-order valence-electron chi connectivity index (χ0n) is 8.06. The van der Waals surface area contributed by atoms with Crippen LogP contribution in [0, 0.1) is 0 Å². The van der Waals surface area contributed by atoms with E-state index < -0.39 is 0 Å². The first-order valence-electron chi connectivity index (χ1n) is 4.26. The molecule has 0 N–H and O–H groups in total. The molecule has 3 nitrogen and oxygen atoms in total. The molecule has 0 aromatic rings. The van der Waals surface area contributed by atoms with E-state index in [4.69, 9.17) is 0 Å². The average Bonchev–Trinajstić information content (AvgIpc) is 2.16. The van der Waals surface area contributed by atoms with Crippen molar-refractivity contribution in [2.24, 2.45) is 0 Å². The van der Waals surface area contributed by atoms with Crippen LogP contribution in [0.25, 0.3) is 0 Å². The fraction of sp³-hybridized carbons (Fsp3) is 0.400. The lowest BCUT2D eigenvalue weighted by atomic mass is 10.3. The van der Waals surface area contributed by atoms with Gasteiger partial charge in [0.2, 0.25) is 6.41 Å². The Kier molecular flexibility index (Phi) is 6.51. The molecule has 0 aliphatic heterocycles. The number of nitrogens with zero attached hydrogens (tertiary/aromatic N) is 1. The van der Waals surface area contributed by atoms with Crippen LogP contribution < -0.4 is 0 Å². The highest BCUT2D eigenvalue weighted by Gasteiger charge is 1.91. The molecule has 0 atom stereocenters. The van der Waals surface area contributed by atoms with Gasteiger partial charge in [0.25, 0.3) is 0 Å². The molecule has 0 saturated heterocycles. The van der Waals surface area contributed by atoms with Crippen LogP contribution in [0.15, 0.2) is 23.9 Å². The second-order valence-electron chi connectivity index (χ2n) is 2.71. The van der Waals surface area contributed by atoms with Crippen molar-refractivity contribution < 1.29 is 9.59 Å². The largest absolute Gasteiger partial charge is 0.322 e. The molecular weight excluding hydrogens is 166 g/mol. The van der Waals surface area contributed by atoms with E-state index in [0.717, 1.165) is 19.1 Å². The molecule has 0 unspecified atom stereocenters. The van der Waals surface area contributed by atoms with Crippen LogP contribution in [0.5, 0.6) is 0 Å². The van der Waals surface area contributed by atoms with Gasteiger partial charge in [0, 0.05) is 12.7 Å². The van der Waals surface area contributed by atoms with Crippen molar-refractivity contribution in [3.63, 3.8) is 0 Å². The summed E-state index contributed by atoms with van der Waals surface area (Å²) in [6, 6.07) is 0. The van der Waals surface area contributed by atoms with Gasteiger partial charge in [0.1, 0.15) is 6.29 Å². The van der Waals surface area contributed by atoms with Gasteiger partial charge in [-0.2, -0.15) is 0 Å². The van der Waals surface area contributed by atoms with Crippen molar-refractivity contribution in [3.8, 4) is 0 Å². The molecule has 0 fully saturated rings. The van der Waals surface area contributed by atoms with E-state index in [1.165, 1.54) is 4.90 Å². The SMILES string of the molecule is CCCN(C=O)/C=C\C=C(/C)C=O. The lowest BCUT2D eigenvalue weighted by molar-refractivity contribution is -0.115. The van der Waals surface area contributed by atoms with Gasteiger partial charge in [0.05, 0.1) is 0 Å². The zero-order chi connectivity index (χ0) is 10.1. The Bertz CT molecular complexity index is 219. The maximum absolute atomic E-state index is 10.4. The van der Waals surface area contributed by atoms with E-state index >= 15 is 0 Å². The first-order valence-corrected chi connectivity index (χ1v) is 4.26. The number of carbonyl (C=O) groups excluding carboxylic acids is 2. The first-order chi connectivity index (χ1) is 6.24. The van der Waals surface area contributed by atoms with E-state index in [0.29, 0.717) is 12.1 Å². The molecule has 0 aromatic heterocycles. The highest BCUT2D eigenvalue weighted by Crippen LogP contribution is 1.91. The number of aldehydes is 1. The van der Waals surface area contributed by atoms with Gasteiger partial charge in [0.15, 0.2) is 0 Å².